The van der Waals surface area contributed by atoms with Crippen LogP contribution in [0.3, 0.4) is 0 Å². The van der Waals surface area contributed by atoms with E-state index in [4.69, 9.17) is 9.47 Å². The van der Waals surface area contributed by atoms with E-state index in [0.29, 0.717) is 11.5 Å². The molecule has 1 fully saturated rings. The van der Waals surface area contributed by atoms with Crippen LogP contribution >= 0.6 is 0 Å². The molecule has 5 heteroatoms. The van der Waals surface area contributed by atoms with Crippen molar-refractivity contribution < 1.29 is 14.3 Å². The molecule has 1 saturated heterocycles. The van der Waals surface area contributed by atoms with Crippen molar-refractivity contribution in [2.75, 3.05) is 26.2 Å². The van der Waals surface area contributed by atoms with Crippen LogP contribution < -0.4 is 9.47 Å². The number of piperazine rings is 1. The Labute approximate surface area is 160 Å². The van der Waals surface area contributed by atoms with E-state index in [1.807, 2.05) is 36.1 Å². The van der Waals surface area contributed by atoms with Crippen LogP contribution in [0.15, 0.2) is 48.5 Å². The summed E-state index contributed by atoms with van der Waals surface area (Å²) in [5.74, 6) is 1.37. The normalized spacial score (nSPS) is 22.5. The average molecular weight is 366 g/mol. The number of carbonyl (C=O) groups is 1. The van der Waals surface area contributed by atoms with Crippen molar-refractivity contribution in [3.05, 3.63) is 59.7 Å². The van der Waals surface area contributed by atoms with Crippen molar-refractivity contribution in [3.63, 3.8) is 0 Å². The zero-order chi connectivity index (χ0) is 18.8. The smallest absolute Gasteiger partial charge is 0.267 e. The molecule has 1 amide bonds. The van der Waals surface area contributed by atoms with Gasteiger partial charge in [-0.05, 0) is 37.1 Å². The molecule has 2 aromatic carbocycles. The van der Waals surface area contributed by atoms with Gasteiger partial charge >= 0.3 is 0 Å². The predicted octanol–water partition coefficient (Wildman–Crippen LogP) is 2.87. The third kappa shape index (κ3) is 3.78. The van der Waals surface area contributed by atoms with Crippen LogP contribution in [-0.2, 0) is 11.3 Å². The SMILES string of the molecule is Cc1ccccc1CN1CCN(C(=O)C2Oc3ccccc3OC2C)CC1. The minimum atomic E-state index is -0.581. The molecule has 0 radical (unpaired) electrons. The van der Waals surface area contributed by atoms with Gasteiger partial charge in [0.1, 0.15) is 6.10 Å². The third-order valence-corrected chi connectivity index (χ3v) is 5.42. The Balaban J connectivity index is 1.36. The fourth-order valence-corrected chi connectivity index (χ4v) is 3.73. The molecule has 0 aromatic heterocycles. The number of rotatable bonds is 3. The van der Waals surface area contributed by atoms with Crippen molar-refractivity contribution in [1.82, 2.24) is 9.80 Å². The zero-order valence-corrected chi connectivity index (χ0v) is 15.9. The van der Waals surface area contributed by atoms with Gasteiger partial charge in [-0.25, -0.2) is 0 Å². The molecule has 0 saturated carbocycles. The Kier molecular flexibility index (Phi) is 5.03. The summed E-state index contributed by atoms with van der Waals surface area (Å²) in [6, 6.07) is 16.0. The molecular weight excluding hydrogens is 340 g/mol. The van der Waals surface area contributed by atoms with E-state index >= 15 is 0 Å². The number of ether oxygens (including phenoxy) is 2. The number of nitrogens with zero attached hydrogens (tertiary/aromatic N) is 2. The minimum absolute atomic E-state index is 0.0209. The van der Waals surface area contributed by atoms with E-state index < -0.39 is 6.10 Å². The second-order valence-corrected chi connectivity index (χ2v) is 7.34. The fraction of sp³-hybridized carbons (Fsp3) is 0.409. The summed E-state index contributed by atoms with van der Waals surface area (Å²) in [7, 11) is 0. The van der Waals surface area contributed by atoms with Gasteiger partial charge in [-0.2, -0.15) is 0 Å². The zero-order valence-electron chi connectivity index (χ0n) is 15.9. The lowest BCUT2D eigenvalue weighted by Crippen LogP contribution is -2.55. The summed E-state index contributed by atoms with van der Waals surface area (Å²) in [5, 5.41) is 0. The minimum Gasteiger partial charge on any atom is -0.482 e. The number of para-hydroxylation sites is 2. The van der Waals surface area contributed by atoms with Crippen molar-refractivity contribution in [2.24, 2.45) is 0 Å². The first-order valence-electron chi connectivity index (χ1n) is 9.60. The summed E-state index contributed by atoms with van der Waals surface area (Å²) in [6.07, 6.45) is -0.875. The average Bonchev–Trinajstić information content (AvgIpc) is 2.69. The van der Waals surface area contributed by atoms with Gasteiger partial charge in [-0.15, -0.1) is 0 Å². The molecule has 2 aliphatic rings. The molecule has 142 valence electrons. The molecule has 2 unspecified atom stereocenters. The molecule has 0 N–H and O–H groups in total. The van der Waals surface area contributed by atoms with Gasteiger partial charge in [0.15, 0.2) is 11.5 Å². The highest BCUT2D eigenvalue weighted by molar-refractivity contribution is 5.82. The third-order valence-electron chi connectivity index (χ3n) is 5.42. The van der Waals surface area contributed by atoms with Crippen LogP contribution in [0.2, 0.25) is 0 Å². The van der Waals surface area contributed by atoms with Crippen molar-refractivity contribution in [1.29, 1.82) is 0 Å². The highest BCUT2D eigenvalue weighted by Crippen LogP contribution is 2.34. The maximum Gasteiger partial charge on any atom is 0.267 e. The summed E-state index contributed by atoms with van der Waals surface area (Å²) >= 11 is 0. The monoisotopic (exact) mass is 366 g/mol. The molecule has 0 spiro atoms. The van der Waals surface area contributed by atoms with Crippen molar-refractivity contribution >= 4 is 5.91 Å². The van der Waals surface area contributed by atoms with E-state index in [2.05, 4.69) is 36.1 Å². The van der Waals surface area contributed by atoms with Gasteiger partial charge in [0.25, 0.3) is 5.91 Å². The maximum absolute atomic E-state index is 13.0. The van der Waals surface area contributed by atoms with E-state index in [9.17, 15) is 4.79 Å². The molecular formula is C22H26N2O3. The Hall–Kier alpha value is -2.53. The number of hydrogen-bond acceptors (Lipinski definition) is 4. The van der Waals surface area contributed by atoms with Gasteiger partial charge in [-0.3, -0.25) is 9.69 Å². The van der Waals surface area contributed by atoms with Crippen LogP contribution in [0.25, 0.3) is 0 Å². The predicted molar refractivity (Wildman–Crippen MR) is 104 cm³/mol. The first kappa shape index (κ1) is 17.9. The lowest BCUT2D eigenvalue weighted by molar-refractivity contribution is -0.146. The number of hydrogen-bond donors (Lipinski definition) is 0. The van der Waals surface area contributed by atoms with Gasteiger partial charge in [-0.1, -0.05) is 36.4 Å². The highest BCUT2D eigenvalue weighted by Gasteiger charge is 2.37. The topological polar surface area (TPSA) is 42.0 Å². The summed E-state index contributed by atoms with van der Waals surface area (Å²) in [5.41, 5.74) is 2.67. The Morgan fingerprint density at radius 2 is 1.59 bits per heavy atom. The second-order valence-electron chi connectivity index (χ2n) is 7.34. The number of fused-ring (bicyclic) bond motifs is 1. The van der Waals surface area contributed by atoms with Gasteiger partial charge in [0, 0.05) is 32.7 Å². The van der Waals surface area contributed by atoms with E-state index in [1.54, 1.807) is 0 Å². The van der Waals surface area contributed by atoms with Crippen LogP contribution in [0.5, 0.6) is 11.5 Å². The first-order valence-corrected chi connectivity index (χ1v) is 9.60. The van der Waals surface area contributed by atoms with Gasteiger partial charge < -0.3 is 14.4 Å². The molecule has 4 rings (SSSR count). The number of aryl methyl sites for hydroxylation is 1. The first-order chi connectivity index (χ1) is 13.1. The van der Waals surface area contributed by atoms with Crippen LogP contribution in [0.1, 0.15) is 18.1 Å². The Morgan fingerprint density at radius 1 is 0.963 bits per heavy atom. The number of carbonyl (C=O) groups excluding carboxylic acids is 1. The van der Waals surface area contributed by atoms with Crippen LogP contribution in [0, 0.1) is 6.92 Å². The largest absolute Gasteiger partial charge is 0.482 e. The highest BCUT2D eigenvalue weighted by atomic mass is 16.6. The molecule has 2 heterocycles. The lowest BCUT2D eigenvalue weighted by Gasteiger charge is -2.38. The molecule has 0 aliphatic carbocycles. The fourth-order valence-electron chi connectivity index (χ4n) is 3.73. The van der Waals surface area contributed by atoms with E-state index in [-0.39, 0.29) is 12.0 Å². The molecule has 2 aliphatic heterocycles. The Bertz CT molecular complexity index is 815. The molecule has 2 aromatic rings. The maximum atomic E-state index is 13.0. The van der Waals surface area contributed by atoms with Gasteiger partial charge in [0.05, 0.1) is 0 Å². The number of benzene rings is 2. The van der Waals surface area contributed by atoms with E-state index in [1.165, 1.54) is 11.1 Å². The van der Waals surface area contributed by atoms with Gasteiger partial charge in [0.2, 0.25) is 6.10 Å². The quantitative estimate of drug-likeness (QED) is 0.838. The second kappa shape index (κ2) is 7.61. The standard InChI is InChI=1S/C22H26N2O3/c1-16-7-3-4-8-18(16)15-23-11-13-24(14-12-23)22(25)21-17(2)26-19-9-5-6-10-20(19)27-21/h3-10,17,21H,11-15H2,1-2H3. The van der Waals surface area contributed by atoms with Crippen LogP contribution in [0.4, 0.5) is 0 Å². The summed E-state index contributed by atoms with van der Waals surface area (Å²) in [6.45, 7) is 8.17. The molecule has 27 heavy (non-hydrogen) atoms. The summed E-state index contributed by atoms with van der Waals surface area (Å²) < 4.78 is 11.9. The van der Waals surface area contributed by atoms with Crippen molar-refractivity contribution in [3.8, 4) is 11.5 Å². The molecule has 2 atom stereocenters. The van der Waals surface area contributed by atoms with Crippen LogP contribution in [-0.4, -0.2) is 54.1 Å². The molecule has 0 bridgehead atoms. The summed E-state index contributed by atoms with van der Waals surface area (Å²) in [4.78, 5) is 17.3. The van der Waals surface area contributed by atoms with Crippen molar-refractivity contribution in [2.45, 2.75) is 32.6 Å². The van der Waals surface area contributed by atoms with E-state index in [0.717, 1.165) is 32.7 Å². The molecule has 5 nitrogen and oxygen atoms in total. The lowest BCUT2D eigenvalue weighted by atomic mass is 10.1. The number of amides is 1. The Morgan fingerprint density at radius 3 is 2.30 bits per heavy atom.